The van der Waals surface area contributed by atoms with E-state index in [9.17, 15) is 14.4 Å². The molecule has 1 aliphatic rings. The van der Waals surface area contributed by atoms with Crippen molar-refractivity contribution in [2.45, 2.75) is 51.5 Å². The van der Waals surface area contributed by atoms with Crippen LogP contribution in [0.25, 0.3) is 0 Å². The number of hydrogen-bond acceptors (Lipinski definition) is 5. The molecule has 1 aromatic carbocycles. The Bertz CT molecular complexity index is 644. The van der Waals surface area contributed by atoms with Crippen molar-refractivity contribution >= 4 is 17.9 Å². The van der Waals surface area contributed by atoms with Gasteiger partial charge in [-0.05, 0) is 42.9 Å². The van der Waals surface area contributed by atoms with Crippen LogP contribution in [0.2, 0.25) is 0 Å². The first kappa shape index (κ1) is 20.7. The van der Waals surface area contributed by atoms with Crippen molar-refractivity contribution in [3.63, 3.8) is 0 Å². The third-order valence-electron chi connectivity index (χ3n) is 4.82. The van der Waals surface area contributed by atoms with Crippen LogP contribution in [0.5, 0.6) is 5.75 Å². The Morgan fingerprint density at radius 2 is 1.81 bits per heavy atom. The van der Waals surface area contributed by atoms with Gasteiger partial charge in [-0.2, -0.15) is 0 Å². The Labute approximate surface area is 159 Å². The second-order valence-corrected chi connectivity index (χ2v) is 6.90. The molecule has 2 atom stereocenters. The van der Waals surface area contributed by atoms with Crippen LogP contribution in [-0.2, 0) is 20.7 Å². The number of nitrogens with one attached hydrogen (secondary N) is 2. The van der Waals surface area contributed by atoms with E-state index in [-0.39, 0.29) is 12.5 Å². The maximum Gasteiger partial charge on any atom is 0.321 e. The van der Waals surface area contributed by atoms with Crippen LogP contribution in [0, 0.1) is 5.92 Å². The Morgan fingerprint density at radius 3 is 2.48 bits per heavy atom. The lowest BCUT2D eigenvalue weighted by Crippen LogP contribution is -2.48. The lowest BCUT2D eigenvalue weighted by molar-refractivity contribution is -0.148. The van der Waals surface area contributed by atoms with Crippen molar-refractivity contribution in [2.75, 3.05) is 13.7 Å². The fraction of sp³-hybridized carbons (Fsp3) is 0.550. The molecule has 0 bridgehead atoms. The number of carbonyl (C=O) groups excluding carboxylic acids is 3. The van der Waals surface area contributed by atoms with Crippen LogP contribution < -0.4 is 15.4 Å². The molecule has 7 nitrogen and oxygen atoms in total. The Kier molecular flexibility index (Phi) is 8.10. The molecule has 1 fully saturated rings. The van der Waals surface area contributed by atoms with Crippen LogP contribution in [0.3, 0.4) is 0 Å². The normalized spacial score (nSPS) is 19.0. The first-order valence-electron chi connectivity index (χ1n) is 9.37. The molecule has 0 saturated heterocycles. The molecule has 27 heavy (non-hydrogen) atoms. The van der Waals surface area contributed by atoms with Gasteiger partial charge < -0.3 is 14.8 Å². The Morgan fingerprint density at radius 1 is 1.11 bits per heavy atom. The summed E-state index contributed by atoms with van der Waals surface area (Å²) >= 11 is 0. The number of hydrogen-bond donors (Lipinski definition) is 2. The fourth-order valence-electron chi connectivity index (χ4n) is 3.15. The van der Waals surface area contributed by atoms with E-state index < -0.39 is 24.5 Å². The highest BCUT2D eigenvalue weighted by Gasteiger charge is 2.23. The molecule has 0 aliphatic heterocycles. The Hall–Kier alpha value is -2.57. The van der Waals surface area contributed by atoms with Gasteiger partial charge in [-0.25, -0.2) is 4.79 Å². The second-order valence-electron chi connectivity index (χ2n) is 6.90. The van der Waals surface area contributed by atoms with Crippen LogP contribution in [0.1, 0.15) is 44.6 Å². The number of aryl methyl sites for hydroxylation is 1. The molecule has 1 aliphatic carbocycles. The van der Waals surface area contributed by atoms with E-state index in [1.165, 1.54) is 6.42 Å². The summed E-state index contributed by atoms with van der Waals surface area (Å²) in [5.41, 5.74) is 0.971. The van der Waals surface area contributed by atoms with Crippen molar-refractivity contribution in [1.82, 2.24) is 10.6 Å². The van der Waals surface area contributed by atoms with Crippen molar-refractivity contribution < 1.29 is 23.9 Å². The topological polar surface area (TPSA) is 93.7 Å². The van der Waals surface area contributed by atoms with Crippen LogP contribution in [0.15, 0.2) is 24.3 Å². The lowest BCUT2D eigenvalue weighted by atomic mass is 9.86. The maximum atomic E-state index is 11.9. The number of carbonyl (C=O) groups is 3. The second kappa shape index (κ2) is 10.5. The minimum absolute atomic E-state index is 0.0820. The van der Waals surface area contributed by atoms with Crippen molar-refractivity contribution in [2.24, 2.45) is 5.92 Å². The Balaban J connectivity index is 1.63. The van der Waals surface area contributed by atoms with E-state index in [2.05, 4.69) is 17.6 Å². The van der Waals surface area contributed by atoms with E-state index >= 15 is 0 Å². The van der Waals surface area contributed by atoms with Gasteiger partial charge in [-0.15, -0.1) is 0 Å². The molecule has 0 unspecified atom stereocenters. The fourth-order valence-corrected chi connectivity index (χ4v) is 3.15. The predicted molar refractivity (Wildman–Crippen MR) is 100 cm³/mol. The van der Waals surface area contributed by atoms with Crippen LogP contribution in [-0.4, -0.2) is 37.7 Å². The highest BCUT2D eigenvalue weighted by Crippen LogP contribution is 2.23. The summed E-state index contributed by atoms with van der Waals surface area (Å²) in [6.07, 6.45) is 4.91. The molecule has 0 radical (unpaired) electrons. The van der Waals surface area contributed by atoms with Gasteiger partial charge in [0.15, 0.2) is 6.61 Å². The molecule has 1 saturated carbocycles. The number of imide groups is 1. The third kappa shape index (κ3) is 7.29. The van der Waals surface area contributed by atoms with Crippen LogP contribution >= 0.6 is 0 Å². The van der Waals surface area contributed by atoms with Gasteiger partial charge in [0, 0.05) is 12.5 Å². The van der Waals surface area contributed by atoms with Gasteiger partial charge in [0.05, 0.1) is 7.11 Å². The molecule has 0 heterocycles. The SMILES string of the molecule is COc1ccc(CCC(=O)OCC(=O)NC(=O)N[C@@H]2CCCC[C@H]2C)cc1. The summed E-state index contributed by atoms with van der Waals surface area (Å²) in [4.78, 5) is 35.4. The van der Waals surface area contributed by atoms with Gasteiger partial charge in [0.25, 0.3) is 5.91 Å². The highest BCUT2D eigenvalue weighted by atomic mass is 16.5. The summed E-state index contributed by atoms with van der Waals surface area (Å²) in [5.74, 6) is 0.0327. The zero-order valence-electron chi connectivity index (χ0n) is 16.0. The minimum Gasteiger partial charge on any atom is -0.497 e. The van der Waals surface area contributed by atoms with Crippen LogP contribution in [0.4, 0.5) is 4.79 Å². The van der Waals surface area contributed by atoms with Gasteiger partial charge in [-0.3, -0.25) is 14.9 Å². The van der Waals surface area contributed by atoms with Crippen molar-refractivity contribution in [3.8, 4) is 5.75 Å². The zero-order chi connectivity index (χ0) is 19.6. The first-order valence-corrected chi connectivity index (χ1v) is 9.37. The minimum atomic E-state index is -0.631. The number of urea groups is 1. The number of esters is 1. The average molecular weight is 376 g/mol. The van der Waals surface area contributed by atoms with Crippen molar-refractivity contribution in [3.05, 3.63) is 29.8 Å². The lowest BCUT2D eigenvalue weighted by Gasteiger charge is -2.29. The van der Waals surface area contributed by atoms with Gasteiger partial charge >= 0.3 is 12.0 Å². The largest absolute Gasteiger partial charge is 0.497 e. The molecule has 2 rings (SSSR count). The number of amides is 3. The number of ether oxygens (including phenoxy) is 2. The molecular formula is C20H28N2O5. The maximum absolute atomic E-state index is 11.9. The highest BCUT2D eigenvalue weighted by molar-refractivity contribution is 5.95. The summed E-state index contributed by atoms with van der Waals surface area (Å²) in [5, 5.41) is 5.03. The van der Waals surface area contributed by atoms with Gasteiger partial charge in [0.1, 0.15) is 5.75 Å². The monoisotopic (exact) mass is 376 g/mol. The molecule has 148 valence electrons. The summed E-state index contributed by atoms with van der Waals surface area (Å²) in [6.45, 7) is 1.63. The quantitative estimate of drug-likeness (QED) is 0.714. The smallest absolute Gasteiger partial charge is 0.321 e. The standard InChI is InChI=1S/C20H28N2O5/c1-14-5-3-4-6-17(14)21-20(25)22-18(23)13-27-19(24)12-9-15-7-10-16(26-2)11-8-15/h7-8,10-11,14,17H,3-6,9,12-13H2,1-2H3,(H2,21,22,23,25)/t14-,17-/m1/s1. The third-order valence-corrected chi connectivity index (χ3v) is 4.82. The molecule has 0 aromatic heterocycles. The van der Waals surface area contributed by atoms with Crippen molar-refractivity contribution in [1.29, 1.82) is 0 Å². The van der Waals surface area contributed by atoms with E-state index in [1.54, 1.807) is 7.11 Å². The zero-order valence-corrected chi connectivity index (χ0v) is 16.0. The molecule has 2 N–H and O–H groups in total. The molecular weight excluding hydrogens is 348 g/mol. The summed E-state index contributed by atoms with van der Waals surface area (Å²) in [7, 11) is 1.59. The average Bonchev–Trinajstić information content (AvgIpc) is 2.67. The van der Waals surface area contributed by atoms with E-state index in [0.717, 1.165) is 30.6 Å². The van der Waals surface area contributed by atoms with E-state index in [0.29, 0.717) is 12.3 Å². The molecule has 7 heteroatoms. The van der Waals surface area contributed by atoms with Gasteiger partial charge in [-0.1, -0.05) is 31.9 Å². The molecule has 0 spiro atoms. The summed E-state index contributed by atoms with van der Waals surface area (Å²) in [6, 6.07) is 6.93. The van der Waals surface area contributed by atoms with Gasteiger partial charge in [0.2, 0.25) is 0 Å². The number of benzene rings is 1. The number of rotatable bonds is 7. The molecule has 1 aromatic rings. The molecule has 3 amide bonds. The first-order chi connectivity index (χ1) is 13.0. The number of methoxy groups -OCH3 is 1. The van der Waals surface area contributed by atoms with E-state index in [1.807, 2.05) is 24.3 Å². The van der Waals surface area contributed by atoms with E-state index in [4.69, 9.17) is 9.47 Å². The summed E-state index contributed by atoms with van der Waals surface area (Å²) < 4.78 is 10.0. The predicted octanol–water partition coefficient (Wildman–Crippen LogP) is 2.58.